The number of nitriles is 1. The molecule has 2 unspecified atom stereocenters. The van der Waals surface area contributed by atoms with Crippen LogP contribution in [0.15, 0.2) is 18.2 Å². The fourth-order valence-corrected chi connectivity index (χ4v) is 2.81. The predicted molar refractivity (Wildman–Crippen MR) is 93.9 cm³/mol. The smallest absolute Gasteiger partial charge is 0.239 e. The number of anilines is 1. The second-order valence-electron chi connectivity index (χ2n) is 6.87. The molecule has 0 saturated carbocycles. The van der Waals surface area contributed by atoms with Crippen LogP contribution in [0.25, 0.3) is 0 Å². The van der Waals surface area contributed by atoms with E-state index in [0.717, 1.165) is 0 Å². The van der Waals surface area contributed by atoms with Crippen molar-refractivity contribution in [1.29, 1.82) is 5.26 Å². The summed E-state index contributed by atoms with van der Waals surface area (Å²) in [6, 6.07) is 6.34. The largest absolute Gasteiger partial charge is 0.339 e. The number of amides is 2. The fraction of sp³-hybridized carbons (Fsp3) is 0.471. The highest BCUT2D eigenvalue weighted by atomic mass is 35.5. The Morgan fingerprint density at radius 2 is 2.04 bits per heavy atom. The van der Waals surface area contributed by atoms with Crippen molar-refractivity contribution in [2.24, 2.45) is 11.3 Å². The molecule has 1 aliphatic rings. The van der Waals surface area contributed by atoms with E-state index in [0.29, 0.717) is 28.7 Å². The van der Waals surface area contributed by atoms with Crippen LogP contribution in [0.2, 0.25) is 10.0 Å². The summed E-state index contributed by atoms with van der Waals surface area (Å²) in [6.07, 6.45) is 0.396. The van der Waals surface area contributed by atoms with E-state index in [1.54, 1.807) is 18.2 Å². The Kier molecular flexibility index (Phi) is 5.42. The summed E-state index contributed by atoms with van der Waals surface area (Å²) in [4.78, 5) is 26.5. The Morgan fingerprint density at radius 3 is 2.58 bits per heavy atom. The van der Waals surface area contributed by atoms with E-state index in [1.807, 2.05) is 20.8 Å². The average Bonchev–Trinajstić information content (AvgIpc) is 2.88. The zero-order valence-electron chi connectivity index (χ0n) is 13.8. The lowest BCUT2D eigenvalue weighted by atomic mass is 9.87. The van der Waals surface area contributed by atoms with Crippen LogP contribution in [-0.2, 0) is 9.59 Å². The molecule has 24 heavy (non-hydrogen) atoms. The number of nitrogens with zero attached hydrogens (tertiary/aromatic N) is 2. The van der Waals surface area contributed by atoms with E-state index in [2.05, 4.69) is 11.4 Å². The molecule has 0 spiro atoms. The van der Waals surface area contributed by atoms with Crippen molar-refractivity contribution in [3.05, 3.63) is 28.2 Å². The summed E-state index contributed by atoms with van der Waals surface area (Å²) in [5.41, 5.74) is 0.201. The van der Waals surface area contributed by atoms with Crippen molar-refractivity contribution in [1.82, 2.24) is 5.32 Å². The van der Waals surface area contributed by atoms with Crippen molar-refractivity contribution < 1.29 is 9.59 Å². The summed E-state index contributed by atoms with van der Waals surface area (Å²) < 4.78 is 0. The highest BCUT2D eigenvalue weighted by Gasteiger charge is 2.39. The van der Waals surface area contributed by atoms with Gasteiger partial charge < -0.3 is 10.2 Å². The van der Waals surface area contributed by atoms with Crippen LogP contribution in [0.1, 0.15) is 27.2 Å². The first-order valence-corrected chi connectivity index (χ1v) is 8.37. The van der Waals surface area contributed by atoms with Gasteiger partial charge in [-0.15, -0.1) is 0 Å². The summed E-state index contributed by atoms with van der Waals surface area (Å²) in [7, 11) is 0. The molecule has 128 valence electrons. The van der Waals surface area contributed by atoms with Gasteiger partial charge in [-0.05, 0) is 30.0 Å². The molecule has 1 aromatic carbocycles. The highest BCUT2D eigenvalue weighted by Crippen LogP contribution is 2.31. The van der Waals surface area contributed by atoms with Gasteiger partial charge in [0, 0.05) is 12.2 Å². The van der Waals surface area contributed by atoms with E-state index >= 15 is 0 Å². The zero-order valence-corrected chi connectivity index (χ0v) is 15.3. The molecule has 1 fully saturated rings. The van der Waals surface area contributed by atoms with E-state index in [1.165, 1.54) is 4.90 Å². The summed E-state index contributed by atoms with van der Waals surface area (Å²) >= 11 is 11.9. The third-order valence-corrected chi connectivity index (χ3v) is 4.76. The van der Waals surface area contributed by atoms with Gasteiger partial charge in [-0.1, -0.05) is 44.0 Å². The van der Waals surface area contributed by atoms with Crippen LogP contribution in [0.3, 0.4) is 0 Å². The van der Waals surface area contributed by atoms with Crippen LogP contribution < -0.4 is 10.2 Å². The lowest BCUT2D eigenvalue weighted by molar-refractivity contribution is -0.132. The number of hydrogen-bond acceptors (Lipinski definition) is 3. The van der Waals surface area contributed by atoms with E-state index in [-0.39, 0.29) is 5.91 Å². The Labute approximate surface area is 151 Å². The van der Waals surface area contributed by atoms with Crippen LogP contribution in [0.4, 0.5) is 5.69 Å². The molecule has 0 radical (unpaired) electrons. The minimum Gasteiger partial charge on any atom is -0.339 e. The monoisotopic (exact) mass is 367 g/mol. The van der Waals surface area contributed by atoms with Crippen LogP contribution in [-0.4, -0.2) is 24.4 Å². The minimum absolute atomic E-state index is 0.295. The van der Waals surface area contributed by atoms with Crippen LogP contribution in [0, 0.1) is 22.7 Å². The van der Waals surface area contributed by atoms with Gasteiger partial charge in [0.2, 0.25) is 11.8 Å². The maximum absolute atomic E-state index is 12.6. The summed E-state index contributed by atoms with van der Waals surface area (Å²) in [5.74, 6) is -1.50. The predicted octanol–water partition coefficient (Wildman–Crippen LogP) is 3.40. The second-order valence-corrected chi connectivity index (χ2v) is 7.68. The lowest BCUT2D eigenvalue weighted by Gasteiger charge is -2.26. The SMILES string of the molecule is CC(C)(C)C(C#N)NC(=O)C1CCN(c2ccc(Cl)c(Cl)c2)C1=O. The number of nitrogens with one attached hydrogen (secondary N) is 1. The first-order valence-electron chi connectivity index (χ1n) is 7.61. The number of carbonyl (C=O) groups is 2. The normalized spacial score (nSPS) is 19.1. The van der Waals surface area contributed by atoms with E-state index < -0.39 is 23.3 Å². The molecule has 7 heteroatoms. The Balaban J connectivity index is 2.12. The maximum atomic E-state index is 12.6. The summed E-state index contributed by atoms with van der Waals surface area (Å²) in [6.45, 7) is 6.00. The van der Waals surface area contributed by atoms with Gasteiger partial charge in [0.15, 0.2) is 0 Å². The molecule has 2 amide bonds. The highest BCUT2D eigenvalue weighted by molar-refractivity contribution is 6.42. The maximum Gasteiger partial charge on any atom is 0.239 e. The quantitative estimate of drug-likeness (QED) is 0.831. The molecule has 1 aliphatic heterocycles. The molecule has 1 saturated heterocycles. The molecule has 0 bridgehead atoms. The molecule has 2 atom stereocenters. The molecule has 1 heterocycles. The number of carbonyl (C=O) groups excluding carboxylic acids is 2. The fourth-order valence-electron chi connectivity index (χ4n) is 2.52. The van der Waals surface area contributed by atoms with E-state index in [4.69, 9.17) is 23.2 Å². The number of benzene rings is 1. The topological polar surface area (TPSA) is 73.2 Å². The number of hydrogen-bond donors (Lipinski definition) is 1. The van der Waals surface area contributed by atoms with Crippen LogP contribution in [0.5, 0.6) is 0 Å². The Bertz CT molecular complexity index is 707. The van der Waals surface area contributed by atoms with Gasteiger partial charge in [0.1, 0.15) is 12.0 Å². The lowest BCUT2D eigenvalue weighted by Crippen LogP contribution is -2.46. The third-order valence-electron chi connectivity index (χ3n) is 4.02. The van der Waals surface area contributed by atoms with Gasteiger partial charge in [-0.3, -0.25) is 9.59 Å². The van der Waals surface area contributed by atoms with Gasteiger partial charge in [-0.25, -0.2) is 0 Å². The minimum atomic E-state index is -0.794. The molecule has 2 rings (SSSR count). The molecule has 0 aliphatic carbocycles. The standard InChI is InChI=1S/C17H19Cl2N3O2/c1-17(2,3)14(9-20)21-15(23)11-6-7-22(16(11)24)10-4-5-12(18)13(19)8-10/h4-5,8,11,14H,6-7H2,1-3H3,(H,21,23). The van der Waals surface area contributed by atoms with Gasteiger partial charge in [0.05, 0.1) is 16.1 Å². The third kappa shape index (κ3) is 3.82. The van der Waals surface area contributed by atoms with Crippen molar-refractivity contribution in [2.45, 2.75) is 33.2 Å². The average molecular weight is 368 g/mol. The molecular formula is C17H19Cl2N3O2. The zero-order chi connectivity index (χ0) is 18.1. The van der Waals surface area contributed by atoms with Crippen molar-refractivity contribution >= 4 is 40.7 Å². The molecule has 1 aromatic rings. The van der Waals surface area contributed by atoms with Crippen molar-refractivity contribution in [3.63, 3.8) is 0 Å². The molecular weight excluding hydrogens is 349 g/mol. The molecule has 1 N–H and O–H groups in total. The van der Waals surface area contributed by atoms with Crippen molar-refractivity contribution in [3.8, 4) is 6.07 Å². The van der Waals surface area contributed by atoms with Gasteiger partial charge in [-0.2, -0.15) is 5.26 Å². The van der Waals surface area contributed by atoms with Crippen molar-refractivity contribution in [2.75, 3.05) is 11.4 Å². The number of halogens is 2. The molecule has 0 aromatic heterocycles. The first-order chi connectivity index (χ1) is 11.1. The molecule has 5 nitrogen and oxygen atoms in total. The summed E-state index contributed by atoms with van der Waals surface area (Å²) in [5, 5.41) is 12.7. The second kappa shape index (κ2) is 7.00. The van der Waals surface area contributed by atoms with Gasteiger partial charge in [0.25, 0.3) is 0 Å². The van der Waals surface area contributed by atoms with Gasteiger partial charge >= 0.3 is 0 Å². The Hall–Kier alpha value is -1.77. The Morgan fingerprint density at radius 1 is 1.38 bits per heavy atom. The first kappa shape index (κ1) is 18.6. The van der Waals surface area contributed by atoms with E-state index in [9.17, 15) is 14.9 Å². The number of rotatable bonds is 3. The van der Waals surface area contributed by atoms with Crippen LogP contribution >= 0.6 is 23.2 Å².